The van der Waals surface area contributed by atoms with E-state index < -0.39 is 0 Å². The molecule has 3 heterocycles. The molecule has 1 saturated heterocycles. The highest BCUT2D eigenvalue weighted by atomic mass is 16.5. The van der Waals surface area contributed by atoms with E-state index in [0.29, 0.717) is 28.9 Å². The summed E-state index contributed by atoms with van der Waals surface area (Å²) in [5.41, 5.74) is 5.17. The molecule has 0 radical (unpaired) electrons. The fourth-order valence-electron chi connectivity index (χ4n) is 6.29. The van der Waals surface area contributed by atoms with E-state index in [9.17, 15) is 4.79 Å². The van der Waals surface area contributed by atoms with Gasteiger partial charge in [-0.1, -0.05) is 25.6 Å². The molecule has 4 aromatic rings. The molecule has 10 nitrogen and oxygen atoms in total. The van der Waals surface area contributed by atoms with Gasteiger partial charge < -0.3 is 20.3 Å². The molecule has 2 aromatic heterocycles. The Morgan fingerprint density at radius 3 is 2.74 bits per heavy atom. The van der Waals surface area contributed by atoms with Crippen molar-refractivity contribution in [3.05, 3.63) is 61.6 Å². The number of anilines is 4. The molecule has 2 N–H and O–H groups in total. The van der Waals surface area contributed by atoms with Gasteiger partial charge in [-0.2, -0.15) is 5.10 Å². The van der Waals surface area contributed by atoms with E-state index in [1.165, 1.54) is 25.2 Å². The van der Waals surface area contributed by atoms with Gasteiger partial charge in [-0.15, -0.1) is 0 Å². The second-order valence-electron chi connectivity index (χ2n) is 11.4. The van der Waals surface area contributed by atoms with Gasteiger partial charge in [0.2, 0.25) is 5.91 Å². The van der Waals surface area contributed by atoms with Crippen molar-refractivity contribution in [2.24, 2.45) is 13.0 Å². The van der Waals surface area contributed by atoms with Crippen molar-refractivity contribution >= 4 is 39.7 Å². The first kappa shape index (κ1) is 27.7. The lowest BCUT2D eigenvalue weighted by Crippen LogP contribution is -2.62. The van der Waals surface area contributed by atoms with Crippen LogP contribution < -0.4 is 20.3 Å². The number of aromatic nitrogens is 4. The minimum absolute atomic E-state index is 0.0900. The van der Waals surface area contributed by atoms with Crippen LogP contribution in [-0.2, 0) is 11.8 Å². The first-order valence-corrected chi connectivity index (χ1v) is 14.5. The Balaban J connectivity index is 1.34. The van der Waals surface area contributed by atoms with Gasteiger partial charge in [0.1, 0.15) is 17.9 Å². The van der Waals surface area contributed by atoms with Crippen LogP contribution in [0.2, 0.25) is 0 Å². The Morgan fingerprint density at radius 1 is 1.17 bits per heavy atom. The average molecular weight is 567 g/mol. The zero-order valence-electron chi connectivity index (χ0n) is 24.7. The summed E-state index contributed by atoms with van der Waals surface area (Å²) in [5, 5.41) is 11.9. The van der Waals surface area contributed by atoms with E-state index >= 15 is 0 Å². The molecule has 1 atom stereocenters. The number of benzene rings is 2. The summed E-state index contributed by atoms with van der Waals surface area (Å²) >= 11 is 0. The standard InChI is InChI=1S/C32H38N8O2/c1-6-31(41)37-25-15-26(29(42-5)17-28(25)39-12-13-40(7-2)32(3,19-39)23-10-11-23)36-30-16-24(33-20-34-30)21-8-9-22-18-35-38(4)27(22)14-21/h6,8-9,14-18,20,23H,1,7,10-13,19H2,2-5H3,(H,37,41)(H,33,34,36)/t32-/m0/s1. The number of carbonyl (C=O) groups is 1. The second kappa shape index (κ2) is 11.1. The Kier molecular flexibility index (Phi) is 7.32. The number of amides is 1. The monoisotopic (exact) mass is 566 g/mol. The number of fused-ring (bicyclic) bond motifs is 1. The zero-order valence-corrected chi connectivity index (χ0v) is 24.7. The highest BCUT2D eigenvalue weighted by molar-refractivity contribution is 6.02. The normalized spacial score (nSPS) is 19.1. The maximum atomic E-state index is 12.5. The number of hydrogen-bond donors (Lipinski definition) is 2. The zero-order chi connectivity index (χ0) is 29.4. The van der Waals surface area contributed by atoms with E-state index in [1.54, 1.807) is 7.11 Å². The molecule has 1 amide bonds. The van der Waals surface area contributed by atoms with E-state index in [4.69, 9.17) is 4.74 Å². The van der Waals surface area contributed by atoms with Gasteiger partial charge in [-0.3, -0.25) is 14.4 Å². The van der Waals surface area contributed by atoms with Crippen LogP contribution in [0.5, 0.6) is 5.75 Å². The minimum Gasteiger partial charge on any atom is -0.494 e. The smallest absolute Gasteiger partial charge is 0.247 e. The summed E-state index contributed by atoms with van der Waals surface area (Å²) in [6, 6.07) is 12.0. The molecule has 0 bridgehead atoms. The number of likely N-dealkylation sites (N-methyl/N-ethyl adjacent to an activating group) is 1. The van der Waals surface area contributed by atoms with Crippen molar-refractivity contribution in [2.45, 2.75) is 32.2 Å². The van der Waals surface area contributed by atoms with Crippen LogP contribution in [0.1, 0.15) is 26.7 Å². The van der Waals surface area contributed by atoms with E-state index in [0.717, 1.165) is 54.0 Å². The number of hydrogen-bond acceptors (Lipinski definition) is 8. The lowest BCUT2D eigenvalue weighted by Gasteiger charge is -2.50. The third kappa shape index (κ3) is 5.18. The summed E-state index contributed by atoms with van der Waals surface area (Å²) in [6.07, 6.45) is 7.22. The number of ether oxygens (including phenoxy) is 1. The number of piperazine rings is 1. The Labute approximate surface area is 246 Å². The molecule has 1 aliphatic heterocycles. The van der Waals surface area contributed by atoms with Crippen LogP contribution in [-0.4, -0.2) is 69.4 Å². The third-order valence-corrected chi connectivity index (χ3v) is 8.79. The van der Waals surface area contributed by atoms with Crippen LogP contribution in [0.15, 0.2) is 61.6 Å². The van der Waals surface area contributed by atoms with Crippen molar-refractivity contribution < 1.29 is 9.53 Å². The van der Waals surface area contributed by atoms with Crippen LogP contribution >= 0.6 is 0 Å². The number of nitrogens with one attached hydrogen (secondary N) is 2. The van der Waals surface area contributed by atoms with Gasteiger partial charge in [0.05, 0.1) is 41.6 Å². The van der Waals surface area contributed by atoms with E-state index in [2.05, 4.69) is 62.0 Å². The number of nitrogens with zero attached hydrogens (tertiary/aromatic N) is 6. The SMILES string of the molecule is C=CC(=O)Nc1cc(Nc2cc(-c3ccc4cnn(C)c4c3)ncn2)c(OC)cc1N1CCN(CC)[C@](C)(C2CC2)C1. The lowest BCUT2D eigenvalue weighted by molar-refractivity contribution is -0.111. The summed E-state index contributed by atoms with van der Waals surface area (Å²) in [5.74, 6) is 1.69. The summed E-state index contributed by atoms with van der Waals surface area (Å²) < 4.78 is 7.72. The number of aryl methyl sites for hydroxylation is 1. The van der Waals surface area contributed by atoms with Crippen molar-refractivity contribution in [1.82, 2.24) is 24.6 Å². The highest BCUT2D eigenvalue weighted by Crippen LogP contribution is 2.47. The van der Waals surface area contributed by atoms with Gasteiger partial charge in [-0.05, 0) is 50.4 Å². The molecule has 0 unspecified atom stereocenters. The predicted molar refractivity (Wildman–Crippen MR) is 167 cm³/mol. The highest BCUT2D eigenvalue weighted by Gasteiger charge is 2.48. The molecular formula is C32H38N8O2. The van der Waals surface area contributed by atoms with Crippen LogP contribution in [0, 0.1) is 5.92 Å². The largest absolute Gasteiger partial charge is 0.494 e. The summed E-state index contributed by atoms with van der Waals surface area (Å²) in [7, 11) is 3.58. The van der Waals surface area contributed by atoms with Crippen molar-refractivity contribution in [2.75, 3.05) is 48.8 Å². The van der Waals surface area contributed by atoms with Gasteiger partial charge in [0, 0.05) is 55.3 Å². The summed E-state index contributed by atoms with van der Waals surface area (Å²) in [4.78, 5) is 26.5. The van der Waals surface area contributed by atoms with Crippen molar-refractivity contribution in [1.29, 1.82) is 0 Å². The Hall–Kier alpha value is -4.44. The van der Waals surface area contributed by atoms with Crippen molar-refractivity contribution in [3.8, 4) is 17.0 Å². The fraction of sp³-hybridized carbons (Fsp3) is 0.375. The topological polar surface area (TPSA) is 100 Å². The Morgan fingerprint density at radius 2 is 2.00 bits per heavy atom. The molecule has 1 saturated carbocycles. The van der Waals surface area contributed by atoms with Gasteiger partial charge in [0.25, 0.3) is 0 Å². The van der Waals surface area contributed by atoms with Gasteiger partial charge in [-0.25, -0.2) is 9.97 Å². The molecule has 42 heavy (non-hydrogen) atoms. The maximum Gasteiger partial charge on any atom is 0.247 e. The van der Waals surface area contributed by atoms with Crippen LogP contribution in [0.4, 0.5) is 22.9 Å². The third-order valence-electron chi connectivity index (χ3n) is 8.79. The first-order chi connectivity index (χ1) is 20.3. The van der Waals surface area contributed by atoms with Crippen LogP contribution in [0.3, 0.4) is 0 Å². The van der Waals surface area contributed by atoms with Gasteiger partial charge in [0.15, 0.2) is 0 Å². The number of carbonyl (C=O) groups excluding carboxylic acids is 1. The average Bonchev–Trinajstić information content (AvgIpc) is 3.81. The molecular weight excluding hydrogens is 528 g/mol. The van der Waals surface area contributed by atoms with Crippen molar-refractivity contribution in [3.63, 3.8) is 0 Å². The molecule has 2 aliphatic rings. The number of rotatable bonds is 9. The number of methoxy groups -OCH3 is 1. The quantitative estimate of drug-likeness (QED) is 0.266. The molecule has 10 heteroatoms. The van der Waals surface area contributed by atoms with Gasteiger partial charge >= 0.3 is 0 Å². The molecule has 2 fully saturated rings. The Bertz CT molecular complexity index is 1650. The second-order valence-corrected chi connectivity index (χ2v) is 11.4. The predicted octanol–water partition coefficient (Wildman–Crippen LogP) is 5.22. The maximum absolute atomic E-state index is 12.5. The summed E-state index contributed by atoms with van der Waals surface area (Å²) in [6.45, 7) is 12.0. The molecule has 218 valence electrons. The fourth-order valence-corrected chi connectivity index (χ4v) is 6.29. The van der Waals surface area contributed by atoms with Crippen LogP contribution in [0.25, 0.3) is 22.2 Å². The van der Waals surface area contributed by atoms with E-state index in [1.807, 2.05) is 48.3 Å². The minimum atomic E-state index is -0.264. The lowest BCUT2D eigenvalue weighted by atomic mass is 9.89. The molecule has 2 aromatic carbocycles. The molecule has 1 aliphatic carbocycles. The molecule has 6 rings (SSSR count). The van der Waals surface area contributed by atoms with E-state index in [-0.39, 0.29) is 11.4 Å². The first-order valence-electron chi connectivity index (χ1n) is 14.5. The molecule has 0 spiro atoms.